The normalized spacial score (nSPS) is 14.1. The number of nitrogens with two attached hydrogens (primary N) is 1. The fourth-order valence-corrected chi connectivity index (χ4v) is 2.39. The Balaban J connectivity index is 1.87. The van der Waals surface area contributed by atoms with Crippen molar-refractivity contribution in [2.24, 2.45) is 5.92 Å². The van der Waals surface area contributed by atoms with Gasteiger partial charge in [0.1, 0.15) is 11.8 Å². The molecule has 1 heterocycles. The second kappa shape index (κ2) is 5.90. The average molecular weight is 296 g/mol. The summed E-state index contributed by atoms with van der Waals surface area (Å²) in [5.41, 5.74) is 6.74. The molecule has 6 nitrogen and oxygen atoms in total. The average Bonchev–Trinajstić information content (AvgIpc) is 2.44. The van der Waals surface area contributed by atoms with Crippen LogP contribution in [0.2, 0.25) is 0 Å². The molecule has 0 atom stereocenters. The van der Waals surface area contributed by atoms with Crippen LogP contribution in [0.1, 0.15) is 24.8 Å². The van der Waals surface area contributed by atoms with Crippen molar-refractivity contribution in [1.82, 2.24) is 9.97 Å². The summed E-state index contributed by atoms with van der Waals surface area (Å²) in [7, 11) is 0. The molecule has 112 valence electrons. The van der Waals surface area contributed by atoms with E-state index in [1.165, 1.54) is 25.3 Å². The standard InChI is InChI=1S/C16H16N4O2/c17-8-12-6-11(13-7-15(21)20-16(18)19-13)4-5-14(12)22-9-10-2-1-3-10/h4-7,10H,1-3,9H2,(H3,18,19,20,21). The van der Waals surface area contributed by atoms with E-state index in [1.807, 2.05) is 0 Å². The van der Waals surface area contributed by atoms with Crippen LogP contribution in [0.5, 0.6) is 5.75 Å². The van der Waals surface area contributed by atoms with Crippen LogP contribution < -0.4 is 16.0 Å². The van der Waals surface area contributed by atoms with E-state index in [0.717, 1.165) is 0 Å². The minimum absolute atomic E-state index is 0.0475. The maximum Gasteiger partial charge on any atom is 0.252 e. The van der Waals surface area contributed by atoms with Gasteiger partial charge in [-0.25, -0.2) is 4.98 Å². The van der Waals surface area contributed by atoms with E-state index in [2.05, 4.69) is 16.0 Å². The second-order valence-electron chi connectivity index (χ2n) is 5.45. The van der Waals surface area contributed by atoms with E-state index in [1.54, 1.807) is 18.2 Å². The zero-order chi connectivity index (χ0) is 15.5. The Morgan fingerprint density at radius 3 is 2.86 bits per heavy atom. The molecule has 0 amide bonds. The summed E-state index contributed by atoms with van der Waals surface area (Å²) >= 11 is 0. The number of hydrogen-bond acceptors (Lipinski definition) is 5. The number of nitriles is 1. The summed E-state index contributed by atoms with van der Waals surface area (Å²) < 4.78 is 5.73. The lowest BCUT2D eigenvalue weighted by Crippen LogP contribution is -2.19. The van der Waals surface area contributed by atoms with Gasteiger partial charge >= 0.3 is 0 Å². The molecule has 1 aliphatic rings. The molecule has 0 saturated heterocycles. The van der Waals surface area contributed by atoms with Crippen molar-refractivity contribution in [1.29, 1.82) is 5.26 Å². The Labute approximate surface area is 127 Å². The maximum absolute atomic E-state index is 11.5. The highest BCUT2D eigenvalue weighted by Crippen LogP contribution is 2.29. The minimum Gasteiger partial charge on any atom is -0.492 e. The molecule has 0 radical (unpaired) electrons. The molecule has 3 N–H and O–H groups in total. The Morgan fingerprint density at radius 2 is 2.23 bits per heavy atom. The zero-order valence-electron chi connectivity index (χ0n) is 12.0. The second-order valence-corrected chi connectivity index (χ2v) is 5.45. The van der Waals surface area contributed by atoms with Crippen molar-refractivity contribution in [3.63, 3.8) is 0 Å². The summed E-state index contributed by atoms with van der Waals surface area (Å²) in [5, 5.41) is 9.29. The summed E-state index contributed by atoms with van der Waals surface area (Å²) in [6.45, 7) is 0.643. The van der Waals surface area contributed by atoms with Gasteiger partial charge < -0.3 is 10.5 Å². The first-order chi connectivity index (χ1) is 10.7. The third kappa shape index (κ3) is 2.93. The van der Waals surface area contributed by atoms with Gasteiger partial charge in [-0.1, -0.05) is 6.42 Å². The van der Waals surface area contributed by atoms with Crippen molar-refractivity contribution < 1.29 is 4.74 Å². The van der Waals surface area contributed by atoms with Crippen molar-refractivity contribution in [3.05, 3.63) is 40.2 Å². The molecular formula is C16H16N4O2. The number of rotatable bonds is 4. The van der Waals surface area contributed by atoms with Crippen molar-refractivity contribution in [2.45, 2.75) is 19.3 Å². The molecule has 1 aliphatic carbocycles. The number of aromatic nitrogens is 2. The molecular weight excluding hydrogens is 280 g/mol. The van der Waals surface area contributed by atoms with E-state index in [4.69, 9.17) is 10.5 Å². The van der Waals surface area contributed by atoms with E-state index in [9.17, 15) is 10.1 Å². The first kappa shape index (κ1) is 14.1. The van der Waals surface area contributed by atoms with Gasteiger partial charge in [-0.15, -0.1) is 0 Å². The first-order valence-electron chi connectivity index (χ1n) is 7.20. The molecule has 22 heavy (non-hydrogen) atoms. The number of nitrogen functional groups attached to an aromatic ring is 1. The van der Waals surface area contributed by atoms with Gasteiger partial charge in [0.2, 0.25) is 5.95 Å². The molecule has 0 spiro atoms. The highest BCUT2D eigenvalue weighted by atomic mass is 16.5. The molecule has 2 aromatic rings. The predicted molar refractivity (Wildman–Crippen MR) is 82.3 cm³/mol. The number of ether oxygens (including phenoxy) is 1. The van der Waals surface area contributed by atoms with Crippen LogP contribution >= 0.6 is 0 Å². The summed E-state index contributed by atoms with van der Waals surface area (Å²) in [4.78, 5) is 17.9. The van der Waals surface area contributed by atoms with E-state index >= 15 is 0 Å². The van der Waals surface area contributed by atoms with Crippen LogP contribution in [-0.4, -0.2) is 16.6 Å². The van der Waals surface area contributed by atoms with Crippen LogP contribution in [0.4, 0.5) is 5.95 Å². The van der Waals surface area contributed by atoms with Gasteiger partial charge in [0.05, 0.1) is 17.9 Å². The Kier molecular flexibility index (Phi) is 3.79. The molecule has 0 aliphatic heterocycles. The van der Waals surface area contributed by atoms with E-state index in [-0.39, 0.29) is 11.5 Å². The SMILES string of the molecule is N#Cc1cc(-c2cc(=O)[nH]c(N)n2)ccc1OCC1CCC1. The van der Waals surface area contributed by atoms with Gasteiger partial charge in [-0.3, -0.25) is 9.78 Å². The summed E-state index contributed by atoms with van der Waals surface area (Å²) in [5.74, 6) is 1.21. The van der Waals surface area contributed by atoms with E-state index in [0.29, 0.717) is 35.1 Å². The zero-order valence-corrected chi connectivity index (χ0v) is 12.0. The van der Waals surface area contributed by atoms with Crippen LogP contribution in [0.25, 0.3) is 11.3 Å². The number of nitrogens with zero attached hydrogens (tertiary/aromatic N) is 2. The third-order valence-corrected chi connectivity index (χ3v) is 3.86. The van der Waals surface area contributed by atoms with Crippen molar-refractivity contribution >= 4 is 5.95 Å². The third-order valence-electron chi connectivity index (χ3n) is 3.86. The molecule has 1 aromatic carbocycles. The van der Waals surface area contributed by atoms with Crippen LogP contribution in [0.15, 0.2) is 29.1 Å². The molecule has 1 aromatic heterocycles. The monoisotopic (exact) mass is 296 g/mol. The van der Waals surface area contributed by atoms with Gasteiger partial charge in [-0.05, 0) is 37.0 Å². The van der Waals surface area contributed by atoms with E-state index < -0.39 is 0 Å². The molecule has 0 unspecified atom stereocenters. The maximum atomic E-state index is 11.5. The topological polar surface area (TPSA) is 105 Å². The Morgan fingerprint density at radius 1 is 1.41 bits per heavy atom. The molecule has 1 saturated carbocycles. The fraction of sp³-hybridized carbons (Fsp3) is 0.312. The lowest BCUT2D eigenvalue weighted by atomic mass is 9.86. The largest absolute Gasteiger partial charge is 0.492 e. The lowest BCUT2D eigenvalue weighted by molar-refractivity contribution is 0.180. The predicted octanol–water partition coefficient (Wildman–Crippen LogP) is 2.07. The summed E-state index contributed by atoms with van der Waals surface area (Å²) in [6.07, 6.45) is 3.64. The quantitative estimate of drug-likeness (QED) is 0.898. The smallest absolute Gasteiger partial charge is 0.252 e. The fourth-order valence-electron chi connectivity index (χ4n) is 2.39. The lowest BCUT2D eigenvalue weighted by Gasteiger charge is -2.25. The summed E-state index contributed by atoms with van der Waals surface area (Å²) in [6, 6.07) is 8.66. The molecule has 0 bridgehead atoms. The molecule has 1 fully saturated rings. The molecule has 3 rings (SSSR count). The number of hydrogen-bond donors (Lipinski definition) is 2. The number of nitrogens with one attached hydrogen (secondary N) is 1. The van der Waals surface area contributed by atoms with Crippen LogP contribution in [0, 0.1) is 17.2 Å². The number of H-pyrrole nitrogens is 1. The highest BCUT2D eigenvalue weighted by Gasteiger charge is 2.18. The number of benzene rings is 1. The van der Waals surface area contributed by atoms with Crippen LogP contribution in [-0.2, 0) is 0 Å². The number of anilines is 1. The Bertz CT molecular complexity index is 787. The van der Waals surface area contributed by atoms with Crippen molar-refractivity contribution in [2.75, 3.05) is 12.3 Å². The Hall–Kier alpha value is -2.81. The van der Waals surface area contributed by atoms with Gasteiger partial charge in [0, 0.05) is 11.6 Å². The van der Waals surface area contributed by atoms with Gasteiger partial charge in [-0.2, -0.15) is 5.26 Å². The van der Waals surface area contributed by atoms with Crippen LogP contribution in [0.3, 0.4) is 0 Å². The molecule has 6 heteroatoms. The first-order valence-corrected chi connectivity index (χ1v) is 7.20. The van der Waals surface area contributed by atoms with Crippen molar-refractivity contribution in [3.8, 4) is 23.1 Å². The highest BCUT2D eigenvalue weighted by molar-refractivity contribution is 5.64. The number of aromatic amines is 1. The van der Waals surface area contributed by atoms with Gasteiger partial charge in [0.15, 0.2) is 0 Å². The van der Waals surface area contributed by atoms with Gasteiger partial charge in [0.25, 0.3) is 5.56 Å². The minimum atomic E-state index is -0.327.